The molecule has 0 atom stereocenters. The minimum atomic E-state index is -1.73. The van der Waals surface area contributed by atoms with Crippen LogP contribution in [-0.4, -0.2) is 32.5 Å². The van der Waals surface area contributed by atoms with Crippen LogP contribution in [0.3, 0.4) is 0 Å². The molecule has 1 heterocycles. The van der Waals surface area contributed by atoms with Crippen LogP contribution in [0.15, 0.2) is 6.33 Å². The number of aromatic nitrogens is 2. The molecule has 0 saturated heterocycles. The highest BCUT2D eigenvalue weighted by Crippen LogP contribution is 2.37. The summed E-state index contributed by atoms with van der Waals surface area (Å²) in [5, 5.41) is 0.226. The van der Waals surface area contributed by atoms with E-state index in [2.05, 4.69) is 70.0 Å². The molecular weight excluding hydrogens is 320 g/mol. The Morgan fingerprint density at radius 2 is 1.74 bits per heavy atom. The van der Waals surface area contributed by atoms with E-state index in [0.717, 1.165) is 18.0 Å². The Bertz CT molecular complexity index is 500. The summed E-state index contributed by atoms with van der Waals surface area (Å²) in [5.74, 6) is 0. The smallest absolute Gasteiger partial charge is 0.192 e. The standard InChI is InChI=1S/C17H36N2O2Si2/c1-15-16(12-21-23(8,9)17(2,3)4)18-13-19(15)14-20-10-11-22(5,6)7/h13H,10-12,14H2,1-9H3. The van der Waals surface area contributed by atoms with Gasteiger partial charge in [0.1, 0.15) is 6.73 Å². The lowest BCUT2D eigenvalue weighted by Gasteiger charge is -2.36. The summed E-state index contributed by atoms with van der Waals surface area (Å²) >= 11 is 0. The van der Waals surface area contributed by atoms with E-state index in [0.29, 0.717) is 13.3 Å². The average molecular weight is 357 g/mol. The molecule has 134 valence electrons. The highest BCUT2D eigenvalue weighted by Gasteiger charge is 2.37. The van der Waals surface area contributed by atoms with Crippen LogP contribution in [0.1, 0.15) is 32.2 Å². The first-order valence-corrected chi connectivity index (χ1v) is 15.2. The highest BCUT2D eigenvalue weighted by molar-refractivity contribution is 6.76. The van der Waals surface area contributed by atoms with Gasteiger partial charge in [-0.05, 0) is 31.1 Å². The van der Waals surface area contributed by atoms with Gasteiger partial charge in [0.25, 0.3) is 0 Å². The van der Waals surface area contributed by atoms with E-state index in [9.17, 15) is 0 Å². The van der Waals surface area contributed by atoms with E-state index in [4.69, 9.17) is 9.16 Å². The molecule has 0 amide bonds. The molecule has 0 aliphatic heterocycles. The van der Waals surface area contributed by atoms with Crippen molar-refractivity contribution in [1.82, 2.24) is 9.55 Å². The molecule has 0 aliphatic rings. The predicted octanol–water partition coefficient (Wildman–Crippen LogP) is 5.03. The van der Waals surface area contributed by atoms with Gasteiger partial charge in [0.2, 0.25) is 0 Å². The Kier molecular flexibility index (Phi) is 6.84. The lowest BCUT2D eigenvalue weighted by atomic mass is 10.2. The average Bonchev–Trinajstić information content (AvgIpc) is 2.71. The predicted molar refractivity (Wildman–Crippen MR) is 103 cm³/mol. The SMILES string of the molecule is Cc1c(CO[Si](C)(C)C(C)(C)C)ncn1COCC[Si](C)(C)C. The zero-order chi connectivity index (χ0) is 17.9. The van der Waals surface area contributed by atoms with Crippen LogP contribution in [0.2, 0.25) is 43.8 Å². The van der Waals surface area contributed by atoms with Crippen molar-refractivity contribution in [3.63, 3.8) is 0 Å². The van der Waals surface area contributed by atoms with Gasteiger partial charge < -0.3 is 13.7 Å². The summed E-state index contributed by atoms with van der Waals surface area (Å²) in [5.41, 5.74) is 2.18. The number of imidazole rings is 1. The Morgan fingerprint density at radius 1 is 1.13 bits per heavy atom. The first kappa shape index (κ1) is 20.6. The van der Waals surface area contributed by atoms with Gasteiger partial charge in [0, 0.05) is 20.4 Å². The molecule has 1 rings (SSSR count). The second-order valence-corrected chi connectivity index (χ2v) is 19.6. The third-order valence-electron chi connectivity index (χ3n) is 4.80. The molecule has 0 fully saturated rings. The van der Waals surface area contributed by atoms with Crippen molar-refractivity contribution < 1.29 is 9.16 Å². The minimum Gasteiger partial charge on any atom is -0.411 e. The third kappa shape index (κ3) is 6.53. The fraction of sp³-hybridized carbons (Fsp3) is 0.824. The molecule has 0 aliphatic carbocycles. The van der Waals surface area contributed by atoms with Crippen LogP contribution < -0.4 is 0 Å². The molecular formula is C17H36N2O2Si2. The van der Waals surface area contributed by atoms with E-state index >= 15 is 0 Å². The summed E-state index contributed by atoms with van der Waals surface area (Å²) < 4.78 is 14.2. The monoisotopic (exact) mass is 356 g/mol. The van der Waals surface area contributed by atoms with E-state index in [1.54, 1.807) is 0 Å². The first-order valence-electron chi connectivity index (χ1n) is 8.56. The van der Waals surface area contributed by atoms with Crippen LogP contribution in [0.4, 0.5) is 0 Å². The van der Waals surface area contributed by atoms with Crippen molar-refractivity contribution in [1.29, 1.82) is 0 Å². The number of hydrogen-bond donors (Lipinski definition) is 0. The maximum atomic E-state index is 6.27. The van der Waals surface area contributed by atoms with Crippen molar-refractivity contribution in [2.75, 3.05) is 6.61 Å². The molecule has 1 aromatic heterocycles. The molecule has 0 saturated carbocycles. The summed E-state index contributed by atoms with van der Waals surface area (Å²) in [6.45, 7) is 22.6. The van der Waals surface area contributed by atoms with Gasteiger partial charge in [-0.3, -0.25) is 0 Å². The van der Waals surface area contributed by atoms with Crippen LogP contribution in [0.5, 0.6) is 0 Å². The van der Waals surface area contributed by atoms with Gasteiger partial charge in [-0.25, -0.2) is 4.98 Å². The Hall–Kier alpha value is -0.436. The van der Waals surface area contributed by atoms with E-state index in [1.165, 1.54) is 6.04 Å². The van der Waals surface area contributed by atoms with Crippen molar-refractivity contribution >= 4 is 16.4 Å². The van der Waals surface area contributed by atoms with Crippen LogP contribution in [0, 0.1) is 6.92 Å². The fourth-order valence-corrected chi connectivity index (χ4v) is 3.45. The molecule has 0 unspecified atom stereocenters. The summed E-state index contributed by atoms with van der Waals surface area (Å²) in [7, 11) is -2.75. The van der Waals surface area contributed by atoms with Gasteiger partial charge in [0.15, 0.2) is 8.32 Å². The maximum absolute atomic E-state index is 6.27. The molecule has 0 bridgehead atoms. The first-order chi connectivity index (χ1) is 10.3. The molecule has 4 nitrogen and oxygen atoms in total. The zero-order valence-corrected chi connectivity index (χ0v) is 18.6. The normalized spacial score (nSPS) is 13.6. The van der Waals surface area contributed by atoms with Crippen LogP contribution in [0.25, 0.3) is 0 Å². The molecule has 0 aromatic carbocycles. The number of ether oxygens (including phenoxy) is 1. The summed E-state index contributed by atoms with van der Waals surface area (Å²) in [6, 6.07) is 1.20. The third-order valence-corrected chi connectivity index (χ3v) is 11.0. The number of hydrogen-bond acceptors (Lipinski definition) is 3. The van der Waals surface area contributed by atoms with Gasteiger partial charge in [-0.1, -0.05) is 40.4 Å². The molecule has 0 N–H and O–H groups in total. The number of rotatable bonds is 8. The second kappa shape index (κ2) is 7.63. The van der Waals surface area contributed by atoms with Crippen molar-refractivity contribution in [2.24, 2.45) is 0 Å². The van der Waals surface area contributed by atoms with Gasteiger partial charge in [-0.2, -0.15) is 0 Å². The Labute approximate surface area is 144 Å². The van der Waals surface area contributed by atoms with Crippen molar-refractivity contribution in [3.05, 3.63) is 17.7 Å². The quantitative estimate of drug-likeness (QED) is 0.484. The van der Waals surface area contributed by atoms with Crippen LogP contribution >= 0.6 is 0 Å². The van der Waals surface area contributed by atoms with E-state index in [1.807, 2.05) is 6.33 Å². The lowest BCUT2D eigenvalue weighted by Crippen LogP contribution is -2.40. The van der Waals surface area contributed by atoms with Gasteiger partial charge >= 0.3 is 0 Å². The largest absolute Gasteiger partial charge is 0.411 e. The maximum Gasteiger partial charge on any atom is 0.192 e. The van der Waals surface area contributed by atoms with Crippen LogP contribution in [-0.2, 0) is 22.5 Å². The summed E-state index contributed by atoms with van der Waals surface area (Å²) in [4.78, 5) is 4.52. The van der Waals surface area contributed by atoms with Crippen molar-refractivity contribution in [3.8, 4) is 0 Å². The second-order valence-electron chi connectivity index (χ2n) is 9.14. The fourth-order valence-electron chi connectivity index (χ4n) is 1.76. The highest BCUT2D eigenvalue weighted by atomic mass is 28.4. The molecule has 23 heavy (non-hydrogen) atoms. The Balaban J connectivity index is 2.53. The van der Waals surface area contributed by atoms with E-state index in [-0.39, 0.29) is 5.04 Å². The summed E-state index contributed by atoms with van der Waals surface area (Å²) in [6.07, 6.45) is 1.87. The van der Waals surface area contributed by atoms with E-state index < -0.39 is 16.4 Å². The zero-order valence-electron chi connectivity index (χ0n) is 16.6. The minimum absolute atomic E-state index is 0.226. The van der Waals surface area contributed by atoms with Crippen molar-refractivity contribution in [2.45, 2.75) is 84.9 Å². The van der Waals surface area contributed by atoms with Gasteiger partial charge in [0.05, 0.1) is 18.6 Å². The molecule has 6 heteroatoms. The van der Waals surface area contributed by atoms with Gasteiger partial charge in [-0.15, -0.1) is 0 Å². The topological polar surface area (TPSA) is 36.3 Å². The molecule has 1 aromatic rings. The lowest BCUT2D eigenvalue weighted by molar-refractivity contribution is 0.0857. The number of nitrogens with zero attached hydrogens (tertiary/aromatic N) is 2. The molecule has 0 spiro atoms. The molecule has 0 radical (unpaired) electrons. The Morgan fingerprint density at radius 3 is 2.26 bits per heavy atom.